The van der Waals surface area contributed by atoms with Gasteiger partial charge in [-0.1, -0.05) is 24.3 Å². The Balaban J connectivity index is 1.82. The summed E-state index contributed by atoms with van der Waals surface area (Å²) in [6.07, 6.45) is 1.55. The van der Waals surface area contributed by atoms with E-state index in [0.717, 1.165) is 26.4 Å². The van der Waals surface area contributed by atoms with Crippen LogP contribution >= 0.6 is 23.1 Å². The van der Waals surface area contributed by atoms with E-state index in [0.29, 0.717) is 10.7 Å². The molecule has 25 heavy (non-hydrogen) atoms. The number of hydrogen-bond acceptors (Lipinski definition) is 8. The highest BCUT2D eigenvalue weighted by molar-refractivity contribution is 7.99. The van der Waals surface area contributed by atoms with Crippen molar-refractivity contribution in [2.24, 2.45) is 7.05 Å². The van der Waals surface area contributed by atoms with Gasteiger partial charge in [0.05, 0.1) is 5.39 Å². The van der Waals surface area contributed by atoms with Gasteiger partial charge in [0.1, 0.15) is 16.2 Å². The first kappa shape index (κ1) is 15.9. The molecule has 0 saturated carbocycles. The molecule has 0 amide bonds. The third kappa shape index (κ3) is 2.92. The van der Waals surface area contributed by atoms with E-state index in [-0.39, 0.29) is 5.78 Å². The Morgan fingerprint density at radius 1 is 1.20 bits per heavy atom. The summed E-state index contributed by atoms with van der Waals surface area (Å²) in [5.41, 5.74) is 2.75. The molecule has 0 aliphatic rings. The lowest BCUT2D eigenvalue weighted by Crippen LogP contribution is -1.94. The molecule has 3 heterocycles. The molecule has 0 bridgehead atoms. The first-order chi connectivity index (χ1) is 12.1. The fourth-order valence-corrected chi connectivity index (χ4v) is 4.22. The lowest BCUT2D eigenvalue weighted by atomic mass is 10.0. The van der Waals surface area contributed by atoms with Crippen LogP contribution in [0.4, 0.5) is 0 Å². The monoisotopic (exact) mass is 368 g/mol. The van der Waals surface area contributed by atoms with Crippen LogP contribution in [0.15, 0.2) is 46.2 Å². The van der Waals surface area contributed by atoms with Crippen LogP contribution in [0.5, 0.6) is 0 Å². The topological polar surface area (TPSA) is 86.4 Å². The summed E-state index contributed by atoms with van der Waals surface area (Å²) in [7, 11) is 1.79. The number of carbonyl (C=O) groups excluding carboxylic acids is 1. The highest BCUT2D eigenvalue weighted by atomic mass is 32.2. The molecule has 4 aromatic rings. The maximum absolute atomic E-state index is 11.5. The zero-order chi connectivity index (χ0) is 17.4. The molecule has 0 atom stereocenters. The summed E-state index contributed by atoms with van der Waals surface area (Å²) in [4.78, 5) is 21.2. The van der Waals surface area contributed by atoms with Crippen LogP contribution in [0.3, 0.4) is 0 Å². The van der Waals surface area contributed by atoms with Crippen molar-refractivity contribution in [3.05, 3.63) is 41.5 Å². The van der Waals surface area contributed by atoms with Crippen molar-refractivity contribution in [2.45, 2.75) is 17.1 Å². The number of thiophene rings is 1. The number of aromatic nitrogens is 6. The van der Waals surface area contributed by atoms with Crippen LogP contribution in [0, 0.1) is 0 Å². The Bertz CT molecular complexity index is 1070. The lowest BCUT2D eigenvalue weighted by molar-refractivity contribution is 0.101. The van der Waals surface area contributed by atoms with Crippen molar-refractivity contribution in [1.29, 1.82) is 0 Å². The summed E-state index contributed by atoms with van der Waals surface area (Å²) < 4.78 is 1.60. The lowest BCUT2D eigenvalue weighted by Gasteiger charge is -2.05. The first-order valence-corrected chi connectivity index (χ1v) is 9.07. The van der Waals surface area contributed by atoms with Crippen molar-refractivity contribution in [1.82, 2.24) is 30.2 Å². The van der Waals surface area contributed by atoms with Crippen molar-refractivity contribution in [3.63, 3.8) is 0 Å². The molecule has 1 aromatic carbocycles. The van der Waals surface area contributed by atoms with Crippen LogP contribution in [-0.2, 0) is 7.05 Å². The van der Waals surface area contributed by atoms with Crippen LogP contribution in [0.1, 0.15) is 17.3 Å². The zero-order valence-electron chi connectivity index (χ0n) is 13.4. The van der Waals surface area contributed by atoms with Gasteiger partial charge in [-0.05, 0) is 34.7 Å². The highest BCUT2D eigenvalue weighted by Crippen LogP contribution is 2.39. The summed E-state index contributed by atoms with van der Waals surface area (Å²) in [5.74, 6) is 0.0519. The number of Topliss-reactive ketones (excluding diaryl/α,β-unsaturated/α-hetero) is 1. The number of benzene rings is 1. The second-order valence-electron chi connectivity index (χ2n) is 5.33. The number of ketones is 1. The van der Waals surface area contributed by atoms with Gasteiger partial charge in [-0.2, -0.15) is 0 Å². The molecule has 0 aliphatic heterocycles. The smallest absolute Gasteiger partial charge is 0.215 e. The third-order valence-electron chi connectivity index (χ3n) is 3.71. The van der Waals surface area contributed by atoms with Crippen molar-refractivity contribution < 1.29 is 4.79 Å². The van der Waals surface area contributed by atoms with Gasteiger partial charge >= 0.3 is 0 Å². The quantitative estimate of drug-likeness (QED) is 0.404. The Morgan fingerprint density at radius 2 is 2.00 bits per heavy atom. The average molecular weight is 368 g/mol. The van der Waals surface area contributed by atoms with E-state index in [1.807, 2.05) is 24.3 Å². The number of aryl methyl sites for hydroxylation is 1. The molecule has 4 rings (SSSR count). The molecule has 0 saturated heterocycles. The van der Waals surface area contributed by atoms with Crippen LogP contribution in [-0.4, -0.2) is 36.0 Å². The number of tetrazole rings is 1. The molecule has 7 nitrogen and oxygen atoms in total. The SMILES string of the molecule is CC(=O)c1ccc(-c2csc3ncnc(Sc4nnnn4C)c23)cc1. The third-order valence-corrected chi connectivity index (χ3v) is 5.62. The van der Waals surface area contributed by atoms with Crippen LogP contribution in [0.25, 0.3) is 21.3 Å². The average Bonchev–Trinajstić information content (AvgIpc) is 3.22. The van der Waals surface area contributed by atoms with Crippen molar-refractivity contribution >= 4 is 39.1 Å². The van der Waals surface area contributed by atoms with Gasteiger partial charge in [0.25, 0.3) is 0 Å². The van der Waals surface area contributed by atoms with E-state index >= 15 is 0 Å². The Morgan fingerprint density at radius 3 is 2.68 bits per heavy atom. The summed E-state index contributed by atoms with van der Waals surface area (Å²) in [6, 6.07) is 7.57. The highest BCUT2D eigenvalue weighted by Gasteiger charge is 2.16. The van der Waals surface area contributed by atoms with Crippen molar-refractivity contribution in [3.8, 4) is 11.1 Å². The van der Waals surface area contributed by atoms with Gasteiger partial charge in [0.2, 0.25) is 5.16 Å². The van der Waals surface area contributed by atoms with Crippen LogP contribution in [0.2, 0.25) is 0 Å². The van der Waals surface area contributed by atoms with Gasteiger partial charge in [0, 0.05) is 23.6 Å². The van der Waals surface area contributed by atoms with Gasteiger partial charge in [-0.15, -0.1) is 16.4 Å². The molecule has 0 radical (unpaired) electrons. The van der Waals surface area contributed by atoms with E-state index in [4.69, 9.17) is 0 Å². The molecule has 0 fully saturated rings. The van der Waals surface area contributed by atoms with Crippen molar-refractivity contribution in [2.75, 3.05) is 0 Å². The minimum Gasteiger partial charge on any atom is -0.295 e. The molecule has 0 unspecified atom stereocenters. The van der Waals surface area contributed by atoms with E-state index in [2.05, 4.69) is 30.9 Å². The molecule has 124 valence electrons. The molecule has 0 aliphatic carbocycles. The summed E-state index contributed by atoms with van der Waals surface area (Å²) in [6.45, 7) is 1.56. The number of hydrogen-bond donors (Lipinski definition) is 0. The maximum atomic E-state index is 11.5. The van der Waals surface area contributed by atoms with E-state index in [1.54, 1.807) is 36.3 Å². The molecule has 9 heteroatoms. The normalized spacial score (nSPS) is 11.1. The minimum absolute atomic E-state index is 0.0519. The largest absolute Gasteiger partial charge is 0.295 e. The van der Waals surface area contributed by atoms with Gasteiger partial charge in [-0.25, -0.2) is 14.6 Å². The second kappa shape index (κ2) is 6.34. The summed E-state index contributed by atoms with van der Waals surface area (Å²) in [5, 5.41) is 16.0. The van der Waals surface area contributed by atoms with E-state index < -0.39 is 0 Å². The van der Waals surface area contributed by atoms with E-state index in [1.165, 1.54) is 11.8 Å². The Labute approximate surface area is 151 Å². The number of fused-ring (bicyclic) bond motifs is 1. The number of nitrogens with zero attached hydrogens (tertiary/aromatic N) is 6. The fraction of sp³-hybridized carbons (Fsp3) is 0.125. The molecular weight excluding hydrogens is 356 g/mol. The minimum atomic E-state index is 0.0519. The van der Waals surface area contributed by atoms with E-state index in [9.17, 15) is 4.79 Å². The van der Waals surface area contributed by atoms with Gasteiger partial charge in [0.15, 0.2) is 5.78 Å². The molecule has 0 spiro atoms. The standard InChI is InChI=1S/C16H12N6OS2/c1-9(23)10-3-5-11(6-4-10)12-7-24-14-13(12)15(18-8-17-14)25-16-19-20-21-22(16)2/h3-8H,1-2H3. The van der Waals surface area contributed by atoms with Gasteiger partial charge in [-0.3, -0.25) is 4.79 Å². The van der Waals surface area contributed by atoms with Gasteiger partial charge < -0.3 is 0 Å². The molecule has 3 aromatic heterocycles. The Hall–Kier alpha value is -2.65. The predicted octanol–water partition coefficient (Wildman–Crippen LogP) is 3.24. The number of rotatable bonds is 4. The maximum Gasteiger partial charge on any atom is 0.215 e. The Kier molecular flexibility index (Phi) is 4.02. The first-order valence-electron chi connectivity index (χ1n) is 7.37. The number of carbonyl (C=O) groups is 1. The second-order valence-corrected chi connectivity index (χ2v) is 7.14. The predicted molar refractivity (Wildman–Crippen MR) is 95.8 cm³/mol. The zero-order valence-corrected chi connectivity index (χ0v) is 15.0. The molecular formula is C16H12N6OS2. The van der Waals surface area contributed by atoms with Crippen LogP contribution < -0.4 is 0 Å². The fourth-order valence-electron chi connectivity index (χ4n) is 2.42. The molecule has 0 N–H and O–H groups in total. The summed E-state index contributed by atoms with van der Waals surface area (Å²) >= 11 is 2.96.